The predicted octanol–water partition coefficient (Wildman–Crippen LogP) is 4.12. The zero-order valence-electron chi connectivity index (χ0n) is 15.5. The molecule has 1 N–H and O–H groups in total. The minimum atomic E-state index is -0.188. The molecule has 1 heterocycles. The smallest absolute Gasteiger partial charge is 0.276 e. The van der Waals surface area contributed by atoms with E-state index in [2.05, 4.69) is 10.3 Å². The van der Waals surface area contributed by atoms with E-state index in [9.17, 15) is 4.79 Å². The first-order valence-corrected chi connectivity index (χ1v) is 8.40. The van der Waals surface area contributed by atoms with E-state index in [-0.39, 0.29) is 5.91 Å². The molecule has 6 nitrogen and oxygen atoms in total. The van der Waals surface area contributed by atoms with Gasteiger partial charge in [0.1, 0.15) is 17.2 Å². The van der Waals surface area contributed by atoms with E-state index >= 15 is 0 Å². The third kappa shape index (κ3) is 4.17. The predicted molar refractivity (Wildman–Crippen MR) is 106 cm³/mol. The average Bonchev–Trinajstić information content (AvgIpc) is 2.73. The highest BCUT2D eigenvalue weighted by Crippen LogP contribution is 2.31. The summed E-state index contributed by atoms with van der Waals surface area (Å²) in [4.78, 5) is 18.5. The Morgan fingerprint density at radius 2 is 1.78 bits per heavy atom. The molecule has 3 aromatic rings. The number of hydrogen-bond acceptors (Lipinski definition) is 5. The highest BCUT2D eigenvalue weighted by Gasteiger charge is 2.15. The van der Waals surface area contributed by atoms with Crippen molar-refractivity contribution in [1.82, 2.24) is 4.98 Å². The monoisotopic (exact) mass is 363 g/mol. The summed E-state index contributed by atoms with van der Waals surface area (Å²) in [7, 11) is 4.92. The molecular weight excluding hydrogens is 342 g/mol. The SMILES string of the molecule is COc1ccc(Nc2ccnc(C(=O)N(C)c3ccccc3)c2)c(OC)c1. The molecule has 1 amide bonds. The molecule has 0 aliphatic rings. The lowest BCUT2D eigenvalue weighted by atomic mass is 10.2. The number of carbonyl (C=O) groups is 1. The summed E-state index contributed by atoms with van der Waals surface area (Å²) in [6.07, 6.45) is 1.60. The van der Waals surface area contributed by atoms with Gasteiger partial charge in [0.05, 0.1) is 19.9 Å². The lowest BCUT2D eigenvalue weighted by Gasteiger charge is -2.17. The number of aromatic nitrogens is 1. The molecule has 0 aliphatic heterocycles. The van der Waals surface area contributed by atoms with E-state index in [1.54, 1.807) is 50.6 Å². The number of hydrogen-bond donors (Lipinski definition) is 1. The Kier molecular flexibility index (Phi) is 5.56. The van der Waals surface area contributed by atoms with E-state index in [1.807, 2.05) is 42.5 Å². The number of methoxy groups -OCH3 is 2. The van der Waals surface area contributed by atoms with E-state index in [0.29, 0.717) is 17.2 Å². The molecule has 138 valence electrons. The largest absolute Gasteiger partial charge is 0.497 e. The van der Waals surface area contributed by atoms with Crippen molar-refractivity contribution in [3.63, 3.8) is 0 Å². The lowest BCUT2D eigenvalue weighted by Crippen LogP contribution is -2.27. The van der Waals surface area contributed by atoms with Crippen molar-refractivity contribution in [2.24, 2.45) is 0 Å². The second-order valence-electron chi connectivity index (χ2n) is 5.82. The number of anilines is 3. The maximum absolute atomic E-state index is 12.8. The lowest BCUT2D eigenvalue weighted by molar-refractivity contribution is 0.0988. The fourth-order valence-corrected chi connectivity index (χ4v) is 2.62. The number of nitrogens with zero attached hydrogens (tertiary/aromatic N) is 2. The van der Waals surface area contributed by atoms with Gasteiger partial charge in [-0.15, -0.1) is 0 Å². The second-order valence-corrected chi connectivity index (χ2v) is 5.82. The van der Waals surface area contributed by atoms with Gasteiger partial charge in [-0.1, -0.05) is 18.2 Å². The summed E-state index contributed by atoms with van der Waals surface area (Å²) in [6.45, 7) is 0. The van der Waals surface area contributed by atoms with Gasteiger partial charge in [-0.3, -0.25) is 9.78 Å². The molecule has 6 heteroatoms. The first-order chi connectivity index (χ1) is 13.1. The quantitative estimate of drug-likeness (QED) is 0.714. The Bertz CT molecular complexity index is 929. The molecular formula is C21H21N3O3. The van der Waals surface area contributed by atoms with Gasteiger partial charge in [0, 0.05) is 30.7 Å². The zero-order chi connectivity index (χ0) is 19.2. The van der Waals surface area contributed by atoms with Crippen LogP contribution in [0.1, 0.15) is 10.5 Å². The topological polar surface area (TPSA) is 63.7 Å². The third-order valence-corrected chi connectivity index (χ3v) is 4.11. The van der Waals surface area contributed by atoms with E-state index in [0.717, 1.165) is 17.1 Å². The molecule has 0 aliphatic carbocycles. The Morgan fingerprint density at radius 3 is 2.48 bits per heavy atom. The highest BCUT2D eigenvalue weighted by molar-refractivity contribution is 6.04. The minimum absolute atomic E-state index is 0.188. The number of para-hydroxylation sites is 1. The van der Waals surface area contributed by atoms with Crippen LogP contribution in [-0.4, -0.2) is 32.2 Å². The van der Waals surface area contributed by atoms with Gasteiger partial charge >= 0.3 is 0 Å². The molecule has 0 bridgehead atoms. The van der Waals surface area contributed by atoms with Gasteiger partial charge in [-0.2, -0.15) is 0 Å². The molecule has 1 aromatic heterocycles. The van der Waals surface area contributed by atoms with Crippen molar-refractivity contribution in [3.05, 3.63) is 72.6 Å². The molecule has 0 unspecified atom stereocenters. The number of ether oxygens (including phenoxy) is 2. The van der Waals surface area contributed by atoms with Crippen molar-refractivity contribution in [2.75, 3.05) is 31.5 Å². The van der Waals surface area contributed by atoms with Crippen molar-refractivity contribution < 1.29 is 14.3 Å². The molecule has 0 saturated heterocycles. The number of benzene rings is 2. The molecule has 2 aromatic carbocycles. The van der Waals surface area contributed by atoms with Crippen LogP contribution in [0.5, 0.6) is 11.5 Å². The van der Waals surface area contributed by atoms with Crippen molar-refractivity contribution in [2.45, 2.75) is 0 Å². The number of nitrogens with one attached hydrogen (secondary N) is 1. The van der Waals surface area contributed by atoms with Gasteiger partial charge < -0.3 is 19.7 Å². The molecule has 0 saturated carbocycles. The van der Waals surface area contributed by atoms with Gasteiger partial charge in [0.25, 0.3) is 5.91 Å². The van der Waals surface area contributed by atoms with Crippen LogP contribution >= 0.6 is 0 Å². The van der Waals surface area contributed by atoms with Gasteiger partial charge in [0.2, 0.25) is 0 Å². The first-order valence-electron chi connectivity index (χ1n) is 8.40. The summed E-state index contributed by atoms with van der Waals surface area (Å²) >= 11 is 0. The number of pyridine rings is 1. The molecule has 0 atom stereocenters. The Balaban J connectivity index is 1.83. The fraction of sp³-hybridized carbons (Fsp3) is 0.143. The fourth-order valence-electron chi connectivity index (χ4n) is 2.62. The van der Waals surface area contributed by atoms with Crippen LogP contribution in [0.4, 0.5) is 17.1 Å². The third-order valence-electron chi connectivity index (χ3n) is 4.11. The Hall–Kier alpha value is -3.54. The van der Waals surface area contributed by atoms with E-state index in [4.69, 9.17) is 9.47 Å². The van der Waals surface area contributed by atoms with Gasteiger partial charge in [0.15, 0.2) is 0 Å². The van der Waals surface area contributed by atoms with Crippen LogP contribution in [0.25, 0.3) is 0 Å². The molecule has 0 spiro atoms. The standard InChI is InChI=1S/C21H21N3O3/c1-24(16-7-5-4-6-8-16)21(25)19-13-15(11-12-22-19)23-18-10-9-17(26-2)14-20(18)27-3/h4-14H,1-3H3,(H,22,23). The van der Waals surface area contributed by atoms with Crippen LogP contribution in [0.2, 0.25) is 0 Å². The number of rotatable bonds is 6. The van der Waals surface area contributed by atoms with E-state index in [1.165, 1.54) is 0 Å². The summed E-state index contributed by atoms with van der Waals surface area (Å²) in [5, 5.41) is 3.26. The van der Waals surface area contributed by atoms with Crippen LogP contribution in [0, 0.1) is 0 Å². The van der Waals surface area contributed by atoms with Gasteiger partial charge in [-0.05, 0) is 36.4 Å². The zero-order valence-corrected chi connectivity index (χ0v) is 15.5. The Labute approximate surface area is 158 Å². The summed E-state index contributed by atoms with van der Waals surface area (Å²) in [5.74, 6) is 1.15. The first kappa shape index (κ1) is 18.3. The number of amides is 1. The minimum Gasteiger partial charge on any atom is -0.497 e. The second kappa shape index (κ2) is 8.23. The van der Waals surface area contributed by atoms with Crippen molar-refractivity contribution in [3.8, 4) is 11.5 Å². The molecule has 0 fully saturated rings. The maximum Gasteiger partial charge on any atom is 0.276 e. The average molecular weight is 363 g/mol. The molecule has 0 radical (unpaired) electrons. The van der Waals surface area contributed by atoms with Crippen LogP contribution in [-0.2, 0) is 0 Å². The molecule has 3 rings (SSSR count). The summed E-state index contributed by atoms with van der Waals surface area (Å²) in [6, 6.07) is 18.4. The van der Waals surface area contributed by atoms with Crippen molar-refractivity contribution >= 4 is 23.0 Å². The molecule has 27 heavy (non-hydrogen) atoms. The van der Waals surface area contributed by atoms with Crippen molar-refractivity contribution in [1.29, 1.82) is 0 Å². The van der Waals surface area contributed by atoms with E-state index < -0.39 is 0 Å². The number of carbonyl (C=O) groups excluding carboxylic acids is 1. The highest BCUT2D eigenvalue weighted by atomic mass is 16.5. The summed E-state index contributed by atoms with van der Waals surface area (Å²) < 4.78 is 10.6. The van der Waals surface area contributed by atoms with Gasteiger partial charge in [-0.25, -0.2) is 0 Å². The maximum atomic E-state index is 12.8. The van der Waals surface area contributed by atoms with Crippen LogP contribution in [0.15, 0.2) is 66.9 Å². The van der Waals surface area contributed by atoms with Crippen LogP contribution in [0.3, 0.4) is 0 Å². The summed E-state index contributed by atoms with van der Waals surface area (Å²) in [5.41, 5.74) is 2.65. The van der Waals surface area contributed by atoms with Crippen LogP contribution < -0.4 is 19.7 Å². The normalized spacial score (nSPS) is 10.2. The Morgan fingerprint density at radius 1 is 1.00 bits per heavy atom.